The molecule has 0 radical (unpaired) electrons. The summed E-state index contributed by atoms with van der Waals surface area (Å²) in [5, 5.41) is 9.14. The van der Waals surface area contributed by atoms with Gasteiger partial charge >= 0.3 is 5.97 Å². The molecule has 0 bridgehead atoms. The number of rotatable bonds is 4. The SMILES string of the molecule is O=C(O)c1cccc2c1ncn2CCc1ccccn1. The summed E-state index contributed by atoms with van der Waals surface area (Å²) in [5.74, 6) is -0.953. The summed E-state index contributed by atoms with van der Waals surface area (Å²) >= 11 is 0. The number of aromatic nitrogens is 3. The maximum atomic E-state index is 11.1. The molecule has 0 atom stereocenters. The number of benzene rings is 1. The van der Waals surface area contributed by atoms with E-state index in [1.165, 1.54) is 0 Å². The van der Waals surface area contributed by atoms with E-state index in [1.807, 2.05) is 28.8 Å². The summed E-state index contributed by atoms with van der Waals surface area (Å²) in [6, 6.07) is 11.0. The lowest BCUT2D eigenvalue weighted by molar-refractivity contribution is 0.0699. The fourth-order valence-corrected chi connectivity index (χ4v) is 2.22. The van der Waals surface area contributed by atoms with Crippen LogP contribution in [-0.2, 0) is 13.0 Å². The van der Waals surface area contributed by atoms with Gasteiger partial charge in [0, 0.05) is 24.9 Å². The lowest BCUT2D eigenvalue weighted by Gasteiger charge is -2.04. The topological polar surface area (TPSA) is 68.0 Å². The van der Waals surface area contributed by atoms with E-state index in [0.29, 0.717) is 5.52 Å². The quantitative estimate of drug-likeness (QED) is 0.788. The van der Waals surface area contributed by atoms with Crippen LogP contribution in [-0.4, -0.2) is 25.6 Å². The number of carbonyl (C=O) groups is 1. The Kier molecular flexibility index (Phi) is 3.16. The zero-order valence-electron chi connectivity index (χ0n) is 10.7. The molecule has 0 saturated carbocycles. The van der Waals surface area contributed by atoms with Gasteiger partial charge in [0.05, 0.1) is 17.4 Å². The fourth-order valence-electron chi connectivity index (χ4n) is 2.22. The lowest BCUT2D eigenvalue weighted by Crippen LogP contribution is -2.02. The third-order valence-corrected chi connectivity index (χ3v) is 3.22. The highest BCUT2D eigenvalue weighted by Crippen LogP contribution is 2.17. The van der Waals surface area contributed by atoms with E-state index >= 15 is 0 Å². The van der Waals surface area contributed by atoms with Crippen molar-refractivity contribution < 1.29 is 9.90 Å². The summed E-state index contributed by atoms with van der Waals surface area (Å²) in [6.45, 7) is 0.719. The van der Waals surface area contributed by atoms with Crippen molar-refractivity contribution >= 4 is 17.0 Å². The Hall–Kier alpha value is -2.69. The maximum Gasteiger partial charge on any atom is 0.337 e. The normalized spacial score (nSPS) is 10.8. The zero-order valence-corrected chi connectivity index (χ0v) is 10.7. The molecule has 0 unspecified atom stereocenters. The molecule has 0 spiro atoms. The van der Waals surface area contributed by atoms with Crippen molar-refractivity contribution in [2.45, 2.75) is 13.0 Å². The third-order valence-electron chi connectivity index (χ3n) is 3.22. The highest BCUT2D eigenvalue weighted by Gasteiger charge is 2.12. The first kappa shape index (κ1) is 12.3. The summed E-state index contributed by atoms with van der Waals surface area (Å²) in [6.07, 6.45) is 4.23. The Balaban J connectivity index is 1.90. The molecular formula is C15H13N3O2. The average Bonchev–Trinajstić information content (AvgIpc) is 2.89. The molecule has 5 nitrogen and oxygen atoms in total. The summed E-state index contributed by atoms with van der Waals surface area (Å²) in [7, 11) is 0. The second-order valence-electron chi connectivity index (χ2n) is 4.49. The van der Waals surface area contributed by atoms with Gasteiger partial charge in [0.25, 0.3) is 0 Å². The Bertz CT molecular complexity index is 750. The van der Waals surface area contributed by atoms with E-state index in [0.717, 1.165) is 24.2 Å². The summed E-state index contributed by atoms with van der Waals surface area (Å²) in [5.41, 5.74) is 2.60. The number of para-hydroxylation sites is 1. The van der Waals surface area contributed by atoms with Gasteiger partial charge in [0.15, 0.2) is 0 Å². The molecule has 2 heterocycles. The molecule has 0 aliphatic heterocycles. The highest BCUT2D eigenvalue weighted by atomic mass is 16.4. The third kappa shape index (κ3) is 2.25. The largest absolute Gasteiger partial charge is 0.478 e. The van der Waals surface area contributed by atoms with Gasteiger partial charge in [-0.05, 0) is 24.3 Å². The Morgan fingerprint density at radius 1 is 1.15 bits per heavy atom. The molecule has 3 aromatic rings. The maximum absolute atomic E-state index is 11.1. The number of imidazole rings is 1. The van der Waals surface area contributed by atoms with E-state index in [-0.39, 0.29) is 5.56 Å². The monoisotopic (exact) mass is 267 g/mol. The van der Waals surface area contributed by atoms with E-state index in [1.54, 1.807) is 24.7 Å². The number of nitrogens with zero attached hydrogens (tertiary/aromatic N) is 3. The Morgan fingerprint density at radius 3 is 2.80 bits per heavy atom. The van der Waals surface area contributed by atoms with Crippen molar-refractivity contribution in [1.82, 2.24) is 14.5 Å². The highest BCUT2D eigenvalue weighted by molar-refractivity contribution is 6.00. The van der Waals surface area contributed by atoms with Crippen molar-refractivity contribution in [3.8, 4) is 0 Å². The molecule has 3 rings (SSSR count). The van der Waals surface area contributed by atoms with Crippen LogP contribution in [0.4, 0.5) is 0 Å². The van der Waals surface area contributed by atoms with E-state index in [4.69, 9.17) is 5.11 Å². The number of aryl methyl sites for hydroxylation is 2. The minimum Gasteiger partial charge on any atom is -0.478 e. The van der Waals surface area contributed by atoms with Crippen molar-refractivity contribution in [1.29, 1.82) is 0 Å². The molecule has 0 aliphatic carbocycles. The zero-order chi connectivity index (χ0) is 13.9. The van der Waals surface area contributed by atoms with Crippen LogP contribution in [0.1, 0.15) is 16.1 Å². The summed E-state index contributed by atoms with van der Waals surface area (Å²) in [4.78, 5) is 19.6. The van der Waals surface area contributed by atoms with E-state index in [9.17, 15) is 4.79 Å². The van der Waals surface area contributed by atoms with Crippen LogP contribution in [0.3, 0.4) is 0 Å². The molecule has 100 valence electrons. The van der Waals surface area contributed by atoms with Gasteiger partial charge < -0.3 is 9.67 Å². The number of aromatic carboxylic acids is 1. The smallest absolute Gasteiger partial charge is 0.337 e. The Labute approximate surface area is 115 Å². The minimum absolute atomic E-state index is 0.235. The van der Waals surface area contributed by atoms with Crippen LogP contribution >= 0.6 is 0 Å². The first-order valence-corrected chi connectivity index (χ1v) is 6.33. The van der Waals surface area contributed by atoms with E-state index in [2.05, 4.69) is 9.97 Å². The average molecular weight is 267 g/mol. The predicted octanol–water partition coefficient (Wildman–Crippen LogP) is 2.37. The minimum atomic E-state index is -0.953. The first-order chi connectivity index (χ1) is 9.75. The van der Waals surface area contributed by atoms with Gasteiger partial charge in [0.1, 0.15) is 5.52 Å². The van der Waals surface area contributed by atoms with Crippen molar-refractivity contribution in [3.05, 3.63) is 60.2 Å². The van der Waals surface area contributed by atoms with Crippen LogP contribution in [0.2, 0.25) is 0 Å². The molecule has 2 aromatic heterocycles. The number of fused-ring (bicyclic) bond motifs is 1. The van der Waals surface area contributed by atoms with Crippen LogP contribution in [0.15, 0.2) is 48.9 Å². The molecule has 20 heavy (non-hydrogen) atoms. The van der Waals surface area contributed by atoms with Gasteiger partial charge in [-0.1, -0.05) is 12.1 Å². The van der Waals surface area contributed by atoms with Crippen LogP contribution in [0.25, 0.3) is 11.0 Å². The van der Waals surface area contributed by atoms with Crippen molar-refractivity contribution in [2.24, 2.45) is 0 Å². The van der Waals surface area contributed by atoms with Gasteiger partial charge in [0.2, 0.25) is 0 Å². The second-order valence-corrected chi connectivity index (χ2v) is 4.49. The first-order valence-electron chi connectivity index (χ1n) is 6.33. The fraction of sp³-hybridized carbons (Fsp3) is 0.133. The molecule has 0 amide bonds. The molecule has 1 N–H and O–H groups in total. The second kappa shape index (κ2) is 5.13. The summed E-state index contributed by atoms with van der Waals surface area (Å²) < 4.78 is 1.95. The van der Waals surface area contributed by atoms with Gasteiger partial charge in [-0.25, -0.2) is 9.78 Å². The molecule has 5 heteroatoms. The number of hydrogen-bond donors (Lipinski definition) is 1. The van der Waals surface area contributed by atoms with E-state index < -0.39 is 5.97 Å². The number of carboxylic acid groups (broad SMARTS) is 1. The van der Waals surface area contributed by atoms with Gasteiger partial charge in [-0.2, -0.15) is 0 Å². The van der Waals surface area contributed by atoms with Crippen molar-refractivity contribution in [3.63, 3.8) is 0 Å². The van der Waals surface area contributed by atoms with Crippen LogP contribution < -0.4 is 0 Å². The standard InChI is InChI=1S/C15H13N3O2/c19-15(20)12-5-3-6-13-14(12)17-10-18(13)9-7-11-4-1-2-8-16-11/h1-6,8,10H,7,9H2,(H,19,20). The predicted molar refractivity (Wildman–Crippen MR) is 74.6 cm³/mol. The molecular weight excluding hydrogens is 254 g/mol. The van der Waals surface area contributed by atoms with Gasteiger partial charge in [-0.15, -0.1) is 0 Å². The number of carboxylic acids is 1. The number of hydrogen-bond acceptors (Lipinski definition) is 3. The molecule has 1 aromatic carbocycles. The molecule has 0 saturated heterocycles. The van der Waals surface area contributed by atoms with Crippen molar-refractivity contribution in [2.75, 3.05) is 0 Å². The van der Waals surface area contributed by atoms with Crippen LogP contribution in [0.5, 0.6) is 0 Å². The Morgan fingerprint density at radius 2 is 2.05 bits per heavy atom. The molecule has 0 aliphatic rings. The lowest BCUT2D eigenvalue weighted by atomic mass is 10.2. The van der Waals surface area contributed by atoms with Gasteiger partial charge in [-0.3, -0.25) is 4.98 Å². The number of pyridine rings is 1. The molecule has 0 fully saturated rings. The van der Waals surface area contributed by atoms with Crippen LogP contribution in [0, 0.1) is 0 Å².